The van der Waals surface area contributed by atoms with Crippen molar-refractivity contribution in [1.82, 2.24) is 0 Å². The van der Waals surface area contributed by atoms with E-state index in [-0.39, 0.29) is 28.9 Å². The molecule has 3 aliphatic rings. The summed E-state index contributed by atoms with van der Waals surface area (Å²) in [6.45, 7) is 19.0. The van der Waals surface area contributed by atoms with Crippen LogP contribution < -0.4 is 15.7 Å². The van der Waals surface area contributed by atoms with Crippen LogP contribution >= 0.6 is 11.3 Å². The Hall–Kier alpha value is -3.88. The lowest BCUT2D eigenvalue weighted by Gasteiger charge is -2.34. The third kappa shape index (κ3) is 3.74. The lowest BCUT2D eigenvalue weighted by Crippen LogP contribution is -2.54. The van der Waals surface area contributed by atoms with Gasteiger partial charge in [0.15, 0.2) is 0 Å². The average molecular weight is 613 g/mol. The fraction of sp³-hybridized carbons (Fsp3) is 0.273. The van der Waals surface area contributed by atoms with Crippen LogP contribution in [0.25, 0.3) is 32.3 Å². The maximum atomic E-state index is 2.56. The Bertz CT molecular complexity index is 2250. The molecule has 5 aromatic carbocycles. The van der Waals surface area contributed by atoms with Gasteiger partial charge in [-0.1, -0.05) is 151 Å². The molecule has 0 nitrogen and oxygen atoms in total. The quantitative estimate of drug-likeness (QED) is 0.162. The van der Waals surface area contributed by atoms with E-state index < -0.39 is 0 Å². The first kappa shape index (κ1) is 28.4. The van der Waals surface area contributed by atoms with E-state index in [1.807, 2.05) is 11.3 Å². The lowest BCUT2D eigenvalue weighted by atomic mass is 9.36. The van der Waals surface area contributed by atoms with E-state index in [1.165, 1.54) is 87.0 Å². The Morgan fingerprint density at radius 1 is 0.630 bits per heavy atom. The maximum Gasteiger partial charge on any atom is 0.256 e. The Morgan fingerprint density at radius 3 is 2.07 bits per heavy atom. The molecule has 0 radical (unpaired) electrons. The van der Waals surface area contributed by atoms with E-state index in [4.69, 9.17) is 0 Å². The van der Waals surface area contributed by atoms with E-state index in [1.54, 1.807) is 0 Å². The fourth-order valence-corrected chi connectivity index (χ4v) is 10.2. The minimum absolute atomic E-state index is 0.00837. The summed E-state index contributed by atoms with van der Waals surface area (Å²) in [7, 11) is 0. The smallest absolute Gasteiger partial charge is 0.149 e. The van der Waals surface area contributed by atoms with Gasteiger partial charge in [0, 0.05) is 21.4 Å². The molecule has 0 saturated heterocycles. The molecule has 0 fully saturated rings. The van der Waals surface area contributed by atoms with Crippen molar-refractivity contribution in [1.29, 1.82) is 0 Å². The van der Waals surface area contributed by atoms with Crippen LogP contribution in [0.4, 0.5) is 0 Å². The van der Waals surface area contributed by atoms with Gasteiger partial charge in [0.1, 0.15) is 0 Å². The molecule has 1 aliphatic carbocycles. The Kier molecular flexibility index (Phi) is 5.63. The van der Waals surface area contributed by atoms with Crippen molar-refractivity contribution in [2.45, 2.75) is 77.6 Å². The summed E-state index contributed by atoms with van der Waals surface area (Å²) in [6.07, 6.45) is 0. The minimum Gasteiger partial charge on any atom is -0.149 e. The van der Waals surface area contributed by atoms with E-state index in [9.17, 15) is 0 Å². The summed E-state index contributed by atoms with van der Waals surface area (Å²) in [5, 5.41) is 1.42. The number of hydrogen-bond donors (Lipinski definition) is 0. The largest absolute Gasteiger partial charge is 0.256 e. The van der Waals surface area contributed by atoms with Crippen LogP contribution in [-0.2, 0) is 16.2 Å². The summed E-state index contributed by atoms with van der Waals surface area (Å²) in [4.78, 5) is 0. The molecule has 0 amide bonds. The summed E-state index contributed by atoms with van der Waals surface area (Å²) in [5.41, 5.74) is 19.0. The van der Waals surface area contributed by atoms with E-state index >= 15 is 0 Å². The zero-order valence-corrected chi connectivity index (χ0v) is 29.1. The molecular formula is C44H41BS. The average Bonchev–Trinajstić information content (AvgIpc) is 3.62. The molecular weight excluding hydrogens is 571 g/mol. The molecule has 0 spiro atoms. The van der Waals surface area contributed by atoms with Gasteiger partial charge in [0.2, 0.25) is 0 Å². The summed E-state index contributed by atoms with van der Waals surface area (Å²) < 4.78 is 2.95. The monoisotopic (exact) mass is 612 g/mol. The summed E-state index contributed by atoms with van der Waals surface area (Å²) >= 11 is 2.04. The summed E-state index contributed by atoms with van der Waals surface area (Å²) in [6, 6.07) is 38.2. The second kappa shape index (κ2) is 9.14. The van der Waals surface area contributed by atoms with Crippen molar-refractivity contribution in [2.75, 3.05) is 0 Å². The Balaban J connectivity index is 1.32. The van der Waals surface area contributed by atoms with Gasteiger partial charge in [-0.25, -0.2) is 0 Å². The predicted octanol–water partition coefficient (Wildman–Crippen LogP) is 9.79. The van der Waals surface area contributed by atoms with Crippen LogP contribution in [0, 0.1) is 0 Å². The topological polar surface area (TPSA) is 0 Å². The van der Waals surface area contributed by atoms with Gasteiger partial charge in [-0.2, -0.15) is 0 Å². The normalized spacial score (nSPS) is 17.0. The molecule has 0 saturated carbocycles. The zero-order valence-electron chi connectivity index (χ0n) is 28.3. The minimum atomic E-state index is 0.00837. The number of fused-ring (bicyclic) bond motifs is 10. The van der Waals surface area contributed by atoms with Gasteiger partial charge in [-0.3, -0.25) is 0 Å². The van der Waals surface area contributed by atoms with Crippen LogP contribution in [0.5, 0.6) is 0 Å². The van der Waals surface area contributed by atoms with E-state index in [0.29, 0.717) is 0 Å². The number of rotatable bonds is 1. The first-order valence-corrected chi connectivity index (χ1v) is 17.7. The number of hydrogen-bond acceptors (Lipinski definition) is 1. The highest BCUT2D eigenvalue weighted by atomic mass is 32.1. The van der Waals surface area contributed by atoms with E-state index in [2.05, 4.69) is 152 Å². The second-order valence-electron chi connectivity index (χ2n) is 16.5. The van der Waals surface area contributed by atoms with Crippen LogP contribution in [0.1, 0.15) is 100 Å². The molecule has 2 heteroatoms. The highest BCUT2D eigenvalue weighted by Gasteiger charge is 2.46. The number of benzene rings is 5. The SMILES string of the molecule is CC(C)(C)c1ccc(C2c3ccc(C(C)(C)C)cc3B3c4sc5cc6c(cc5c4-c4cccc2c43)-c2ccccc2C6(C)C)cc1. The van der Waals surface area contributed by atoms with Gasteiger partial charge in [0.25, 0.3) is 6.71 Å². The fourth-order valence-electron chi connectivity index (χ4n) is 8.85. The van der Waals surface area contributed by atoms with E-state index in [0.717, 1.165) is 0 Å². The molecule has 1 aromatic heterocycles. The first-order valence-electron chi connectivity index (χ1n) is 16.9. The molecule has 9 rings (SSSR count). The third-order valence-corrected chi connectivity index (χ3v) is 12.6. The van der Waals surface area contributed by atoms with Gasteiger partial charge in [0.05, 0.1) is 0 Å². The van der Waals surface area contributed by atoms with Crippen molar-refractivity contribution in [3.63, 3.8) is 0 Å². The van der Waals surface area contributed by atoms with Gasteiger partial charge < -0.3 is 0 Å². The molecule has 226 valence electrons. The van der Waals surface area contributed by atoms with Crippen molar-refractivity contribution in [3.8, 4) is 22.3 Å². The lowest BCUT2D eigenvalue weighted by molar-refractivity contribution is 0.590. The number of thiophene rings is 1. The zero-order chi connectivity index (χ0) is 31.9. The molecule has 3 heterocycles. The maximum absolute atomic E-state index is 2.56. The standard InChI is InChI=1S/C44H41BS/c1-42(2,3)26-18-16-25(17-19-26)38-29-21-20-27(43(4,5)6)22-36(29)45-40-30(38)13-11-14-31(40)39-33-23-32-28-12-9-10-15-34(28)44(7,8)35(32)24-37(33)46-41(39)45/h9-24,38H,1-8H3. The van der Waals surface area contributed by atoms with Crippen LogP contribution in [0.3, 0.4) is 0 Å². The van der Waals surface area contributed by atoms with Crippen LogP contribution in [0.2, 0.25) is 0 Å². The van der Waals surface area contributed by atoms with Crippen molar-refractivity contribution >= 4 is 43.8 Å². The Morgan fingerprint density at radius 2 is 1.33 bits per heavy atom. The molecule has 46 heavy (non-hydrogen) atoms. The van der Waals surface area contributed by atoms with Crippen molar-refractivity contribution in [2.24, 2.45) is 0 Å². The van der Waals surface area contributed by atoms with Gasteiger partial charge in [-0.15, -0.1) is 11.3 Å². The van der Waals surface area contributed by atoms with Crippen molar-refractivity contribution in [3.05, 3.63) is 136 Å². The molecule has 1 atom stereocenters. The predicted molar refractivity (Wildman–Crippen MR) is 201 cm³/mol. The molecule has 0 N–H and O–H groups in total. The molecule has 6 aromatic rings. The first-order chi connectivity index (χ1) is 21.8. The highest BCUT2D eigenvalue weighted by molar-refractivity contribution is 7.34. The Labute approximate surface area is 278 Å². The van der Waals surface area contributed by atoms with Gasteiger partial charge in [-0.05, 0) is 88.9 Å². The van der Waals surface area contributed by atoms with Crippen LogP contribution in [-0.4, -0.2) is 6.71 Å². The molecule has 0 bridgehead atoms. The third-order valence-electron chi connectivity index (χ3n) is 11.4. The highest BCUT2D eigenvalue weighted by Crippen LogP contribution is 2.52. The molecule has 2 aliphatic heterocycles. The van der Waals surface area contributed by atoms with Crippen LogP contribution in [0.15, 0.2) is 97.1 Å². The van der Waals surface area contributed by atoms with Gasteiger partial charge >= 0.3 is 0 Å². The van der Waals surface area contributed by atoms with Crippen molar-refractivity contribution < 1.29 is 0 Å². The summed E-state index contributed by atoms with van der Waals surface area (Å²) in [5.74, 6) is 0.224. The molecule has 1 unspecified atom stereocenters. The second-order valence-corrected chi connectivity index (χ2v) is 17.6.